The molecule has 0 saturated carbocycles. The standard InChI is InChI=1S/C61H65BN2/c1-57(2,3)39-24-30-44(31-25-39)64-52-33-27-41(59(7,8)9)35-50(52)62-49-34-40(58(4,5)6)26-32-51(49)63(53-36-42(60(10,11)12)37-54(64)56(53)62)43-28-22-38(23-29-43)45-19-17-21-48-55(45)46-18-15-16-20-47(46)61(48,13)14/h15-37H,1-14H3. The molecule has 0 radical (unpaired) electrons. The van der Waals surface area contributed by atoms with E-state index in [1.54, 1.807) is 0 Å². The molecule has 322 valence electrons. The van der Waals surface area contributed by atoms with E-state index in [2.05, 4.69) is 246 Å². The lowest BCUT2D eigenvalue weighted by molar-refractivity contribution is 0.589. The molecule has 0 spiro atoms. The van der Waals surface area contributed by atoms with Crippen LogP contribution in [0, 0.1) is 0 Å². The molecular weight excluding hydrogens is 771 g/mol. The molecule has 7 aromatic carbocycles. The predicted molar refractivity (Wildman–Crippen MR) is 278 cm³/mol. The van der Waals surface area contributed by atoms with E-state index in [-0.39, 0.29) is 33.8 Å². The molecule has 1 aliphatic carbocycles. The molecule has 0 N–H and O–H groups in total. The Labute approximate surface area is 384 Å². The Kier molecular flexibility index (Phi) is 9.29. The summed E-state index contributed by atoms with van der Waals surface area (Å²) in [4.78, 5) is 5.16. The molecule has 3 aliphatic rings. The van der Waals surface area contributed by atoms with Crippen molar-refractivity contribution in [2.24, 2.45) is 0 Å². The first-order chi connectivity index (χ1) is 30.0. The highest BCUT2D eigenvalue weighted by atomic mass is 15.2. The van der Waals surface area contributed by atoms with Crippen molar-refractivity contribution < 1.29 is 0 Å². The van der Waals surface area contributed by atoms with Crippen molar-refractivity contribution in [3.05, 3.63) is 173 Å². The van der Waals surface area contributed by atoms with E-state index >= 15 is 0 Å². The second-order valence-corrected chi connectivity index (χ2v) is 23.6. The van der Waals surface area contributed by atoms with E-state index in [1.807, 2.05) is 0 Å². The lowest BCUT2D eigenvalue weighted by Gasteiger charge is -2.45. The molecule has 2 heterocycles. The molecule has 0 fully saturated rings. The summed E-state index contributed by atoms with van der Waals surface area (Å²) >= 11 is 0. The van der Waals surface area contributed by atoms with Crippen LogP contribution in [0.5, 0.6) is 0 Å². The summed E-state index contributed by atoms with van der Waals surface area (Å²) in [6.07, 6.45) is 0. The number of anilines is 6. The fraction of sp³-hybridized carbons (Fsp3) is 0.311. The first-order valence-electron chi connectivity index (χ1n) is 23.6. The van der Waals surface area contributed by atoms with Crippen LogP contribution >= 0.6 is 0 Å². The summed E-state index contributed by atoms with van der Waals surface area (Å²) in [6.45, 7) is 32.8. The van der Waals surface area contributed by atoms with E-state index in [9.17, 15) is 0 Å². The maximum Gasteiger partial charge on any atom is 0.252 e. The Hall–Kier alpha value is -5.80. The van der Waals surface area contributed by atoms with Crippen LogP contribution in [0.3, 0.4) is 0 Å². The fourth-order valence-electron chi connectivity index (χ4n) is 10.8. The van der Waals surface area contributed by atoms with Crippen molar-refractivity contribution in [3.8, 4) is 22.3 Å². The lowest BCUT2D eigenvalue weighted by Crippen LogP contribution is -2.61. The van der Waals surface area contributed by atoms with Gasteiger partial charge in [-0.1, -0.05) is 188 Å². The van der Waals surface area contributed by atoms with Crippen LogP contribution in [-0.2, 0) is 27.1 Å². The van der Waals surface area contributed by atoms with Crippen molar-refractivity contribution in [1.29, 1.82) is 0 Å². The molecule has 2 aliphatic heterocycles. The topological polar surface area (TPSA) is 6.48 Å². The third kappa shape index (κ3) is 6.59. The van der Waals surface area contributed by atoms with Gasteiger partial charge in [-0.05, 0) is 142 Å². The molecule has 7 aromatic rings. The SMILES string of the molecule is CC(C)(C)c1ccc(N2c3ccc(C(C)(C)C)cc3B3c4cc(C(C)(C)C)ccc4N(c4ccc(-c5cccc6c5-c5ccccc5C6(C)C)cc4)c4cc(C(C)(C)C)cc2c43)cc1. The van der Waals surface area contributed by atoms with Crippen LogP contribution < -0.4 is 26.2 Å². The van der Waals surface area contributed by atoms with Gasteiger partial charge >= 0.3 is 0 Å². The Morgan fingerprint density at radius 3 is 1.33 bits per heavy atom. The minimum atomic E-state index is -0.0944. The van der Waals surface area contributed by atoms with Gasteiger partial charge < -0.3 is 9.80 Å². The van der Waals surface area contributed by atoms with Crippen LogP contribution in [0.15, 0.2) is 140 Å². The van der Waals surface area contributed by atoms with E-state index < -0.39 is 0 Å². The molecule has 2 nitrogen and oxygen atoms in total. The highest BCUT2D eigenvalue weighted by Crippen LogP contribution is 2.53. The van der Waals surface area contributed by atoms with Gasteiger partial charge in [-0.3, -0.25) is 0 Å². The number of fused-ring (bicyclic) bond motifs is 7. The normalized spacial score (nSPS) is 15.1. The van der Waals surface area contributed by atoms with Crippen LogP contribution in [0.1, 0.15) is 130 Å². The van der Waals surface area contributed by atoms with Gasteiger partial charge in [0.2, 0.25) is 0 Å². The summed E-state index contributed by atoms with van der Waals surface area (Å²) in [6, 6.07) is 54.4. The van der Waals surface area contributed by atoms with Crippen LogP contribution in [0.25, 0.3) is 22.3 Å². The van der Waals surface area contributed by atoms with Gasteiger partial charge in [-0.25, -0.2) is 0 Å². The number of benzene rings is 7. The quantitative estimate of drug-likeness (QED) is 0.164. The molecule has 0 amide bonds. The summed E-state index contributed by atoms with van der Waals surface area (Å²) < 4.78 is 0. The van der Waals surface area contributed by atoms with E-state index in [4.69, 9.17) is 0 Å². The summed E-state index contributed by atoms with van der Waals surface area (Å²) in [7, 11) is 0. The largest absolute Gasteiger partial charge is 0.311 e. The van der Waals surface area contributed by atoms with Crippen molar-refractivity contribution in [1.82, 2.24) is 0 Å². The van der Waals surface area contributed by atoms with Crippen molar-refractivity contribution in [3.63, 3.8) is 0 Å². The average molecular weight is 837 g/mol. The number of rotatable bonds is 3. The second kappa shape index (κ2) is 14.1. The number of hydrogen-bond acceptors (Lipinski definition) is 2. The second-order valence-electron chi connectivity index (χ2n) is 23.6. The average Bonchev–Trinajstić information content (AvgIpc) is 3.48. The zero-order chi connectivity index (χ0) is 45.5. The van der Waals surface area contributed by atoms with Crippen LogP contribution in [0.4, 0.5) is 34.1 Å². The third-order valence-electron chi connectivity index (χ3n) is 14.7. The van der Waals surface area contributed by atoms with Gasteiger partial charge in [0, 0.05) is 39.5 Å². The first-order valence-corrected chi connectivity index (χ1v) is 23.6. The minimum Gasteiger partial charge on any atom is -0.311 e. The summed E-state index contributed by atoms with van der Waals surface area (Å²) in [5, 5.41) is 0. The van der Waals surface area contributed by atoms with Gasteiger partial charge in [0.1, 0.15) is 0 Å². The van der Waals surface area contributed by atoms with Crippen molar-refractivity contribution in [2.75, 3.05) is 9.80 Å². The molecule has 0 bridgehead atoms. The van der Waals surface area contributed by atoms with Gasteiger partial charge in [0.25, 0.3) is 6.71 Å². The van der Waals surface area contributed by atoms with Crippen LogP contribution in [0.2, 0.25) is 0 Å². The van der Waals surface area contributed by atoms with Gasteiger partial charge in [0.15, 0.2) is 0 Å². The van der Waals surface area contributed by atoms with E-state index in [0.29, 0.717) is 0 Å². The minimum absolute atomic E-state index is 0.0113. The first kappa shape index (κ1) is 42.2. The van der Waals surface area contributed by atoms with Gasteiger partial charge in [-0.2, -0.15) is 0 Å². The van der Waals surface area contributed by atoms with Gasteiger partial charge in [0.05, 0.1) is 0 Å². The molecule has 0 unspecified atom stereocenters. The van der Waals surface area contributed by atoms with Crippen molar-refractivity contribution >= 4 is 57.2 Å². The molecule has 0 aromatic heterocycles. The van der Waals surface area contributed by atoms with E-state index in [0.717, 1.165) is 0 Å². The molecule has 0 atom stereocenters. The molecule has 0 saturated heterocycles. The molecule has 3 heteroatoms. The van der Waals surface area contributed by atoms with E-state index in [1.165, 1.54) is 106 Å². The summed E-state index contributed by atoms with van der Waals surface area (Å²) in [5.74, 6) is 0. The Bertz CT molecular complexity index is 2990. The predicted octanol–water partition coefficient (Wildman–Crippen LogP) is 14.9. The third-order valence-corrected chi connectivity index (χ3v) is 14.7. The molecular formula is C61H65BN2. The highest BCUT2D eigenvalue weighted by molar-refractivity contribution is 7.00. The maximum absolute atomic E-state index is 2.59. The van der Waals surface area contributed by atoms with Crippen LogP contribution in [-0.4, -0.2) is 6.71 Å². The zero-order valence-corrected chi connectivity index (χ0v) is 40.8. The molecule has 10 rings (SSSR count). The molecule has 64 heavy (non-hydrogen) atoms. The highest BCUT2D eigenvalue weighted by Gasteiger charge is 2.45. The monoisotopic (exact) mass is 837 g/mol. The number of nitrogens with zero attached hydrogens (tertiary/aromatic N) is 2. The van der Waals surface area contributed by atoms with Gasteiger partial charge in [-0.15, -0.1) is 0 Å². The smallest absolute Gasteiger partial charge is 0.252 e. The Balaban J connectivity index is 1.24. The number of hydrogen-bond donors (Lipinski definition) is 0. The lowest BCUT2D eigenvalue weighted by atomic mass is 9.33. The summed E-state index contributed by atoms with van der Waals surface area (Å²) in [5.41, 5.74) is 24.8. The van der Waals surface area contributed by atoms with Crippen molar-refractivity contribution in [2.45, 2.75) is 124 Å². The Morgan fingerprint density at radius 2 is 0.828 bits per heavy atom. The Morgan fingerprint density at radius 1 is 0.391 bits per heavy atom. The maximum atomic E-state index is 2.59. The zero-order valence-electron chi connectivity index (χ0n) is 40.8. The fourth-order valence-corrected chi connectivity index (χ4v) is 10.8.